The van der Waals surface area contributed by atoms with Gasteiger partial charge in [-0.15, -0.1) is 0 Å². The summed E-state index contributed by atoms with van der Waals surface area (Å²) >= 11 is 3.47. The molecule has 0 spiro atoms. The fourth-order valence-corrected chi connectivity index (χ4v) is 2.66. The smallest absolute Gasteiger partial charge is 0.230 e. The third-order valence-corrected chi connectivity index (χ3v) is 3.74. The van der Waals surface area contributed by atoms with Crippen molar-refractivity contribution in [3.8, 4) is 0 Å². The molecule has 14 heavy (non-hydrogen) atoms. The number of hydrogen-bond acceptors (Lipinski definition) is 1. The van der Waals surface area contributed by atoms with Crippen LogP contribution < -0.4 is 4.90 Å². The number of piperidine rings is 1. The van der Waals surface area contributed by atoms with Gasteiger partial charge < -0.3 is 4.90 Å². The number of hydrogen-bond donors (Lipinski definition) is 0. The average molecular weight is 252 g/mol. The molecule has 2 fully saturated rings. The topological polar surface area (TPSA) is 20.3 Å². The Morgan fingerprint density at radius 3 is 2.79 bits per heavy atom. The molecule has 0 aromatic heterocycles. The van der Waals surface area contributed by atoms with E-state index in [0.29, 0.717) is 17.7 Å². The van der Waals surface area contributed by atoms with Gasteiger partial charge in [0, 0.05) is 16.9 Å². The molecule has 1 saturated carbocycles. The molecule has 1 aliphatic heterocycles. The number of halogens is 1. The Balaban J connectivity index is 1.96. The van der Waals surface area contributed by atoms with Crippen LogP contribution in [0.3, 0.4) is 0 Å². The van der Waals surface area contributed by atoms with Crippen molar-refractivity contribution in [2.75, 3.05) is 11.4 Å². The monoisotopic (exact) mass is 251 g/mol. The van der Waals surface area contributed by atoms with Gasteiger partial charge >= 0.3 is 0 Å². The number of carbonyl (C=O) groups excluding carboxylic acids is 1. The fraction of sp³-hybridized carbons (Fsp3) is 0.364. The standard InChI is InChI=1S/C11H10BrNO/c12-9-3-1-2-4-10(9)13-6-7-5-8(7)11(13)14/h1-4,7-8H,5-6H2. The van der Waals surface area contributed by atoms with Gasteiger partial charge in [0.05, 0.1) is 5.69 Å². The van der Waals surface area contributed by atoms with Crippen molar-refractivity contribution in [1.82, 2.24) is 0 Å². The van der Waals surface area contributed by atoms with Crippen LogP contribution in [0.4, 0.5) is 5.69 Å². The SMILES string of the molecule is O=C1C2CC2CN1c1ccccc1Br. The number of rotatable bonds is 1. The number of amides is 1. The number of fused-ring (bicyclic) bond motifs is 1. The van der Waals surface area contributed by atoms with Gasteiger partial charge in [0.2, 0.25) is 5.91 Å². The molecule has 0 N–H and O–H groups in total. The quantitative estimate of drug-likeness (QED) is 0.751. The van der Waals surface area contributed by atoms with Crippen LogP contribution in [-0.2, 0) is 4.79 Å². The van der Waals surface area contributed by atoms with Crippen LogP contribution >= 0.6 is 15.9 Å². The van der Waals surface area contributed by atoms with Crippen molar-refractivity contribution >= 4 is 27.5 Å². The molecule has 1 amide bonds. The zero-order chi connectivity index (χ0) is 9.71. The Morgan fingerprint density at radius 1 is 1.36 bits per heavy atom. The predicted molar refractivity (Wildman–Crippen MR) is 58.1 cm³/mol. The van der Waals surface area contributed by atoms with Crippen molar-refractivity contribution in [1.29, 1.82) is 0 Å². The zero-order valence-electron chi connectivity index (χ0n) is 7.61. The minimum Gasteiger partial charge on any atom is -0.311 e. The van der Waals surface area contributed by atoms with Gasteiger partial charge in [0.25, 0.3) is 0 Å². The van der Waals surface area contributed by atoms with Gasteiger partial charge in [-0.2, -0.15) is 0 Å². The van der Waals surface area contributed by atoms with Crippen molar-refractivity contribution in [3.63, 3.8) is 0 Å². The largest absolute Gasteiger partial charge is 0.311 e. The van der Waals surface area contributed by atoms with Crippen LogP contribution in [0.2, 0.25) is 0 Å². The lowest BCUT2D eigenvalue weighted by Crippen LogP contribution is -2.28. The number of anilines is 1. The number of para-hydroxylation sites is 1. The Labute approximate surface area is 91.0 Å². The van der Waals surface area contributed by atoms with Gasteiger partial charge in [-0.25, -0.2) is 0 Å². The lowest BCUT2D eigenvalue weighted by molar-refractivity contribution is -0.118. The van der Waals surface area contributed by atoms with E-state index in [0.717, 1.165) is 23.1 Å². The third-order valence-electron chi connectivity index (χ3n) is 3.07. The summed E-state index contributed by atoms with van der Waals surface area (Å²) in [5.41, 5.74) is 1.02. The van der Waals surface area contributed by atoms with Gasteiger partial charge in [-0.1, -0.05) is 12.1 Å². The van der Waals surface area contributed by atoms with Gasteiger partial charge in [-0.05, 0) is 40.4 Å². The van der Waals surface area contributed by atoms with E-state index in [4.69, 9.17) is 0 Å². The van der Waals surface area contributed by atoms with Gasteiger partial charge in [0.15, 0.2) is 0 Å². The van der Waals surface area contributed by atoms with Crippen molar-refractivity contribution in [2.45, 2.75) is 6.42 Å². The minimum absolute atomic E-state index is 0.307. The van der Waals surface area contributed by atoms with E-state index >= 15 is 0 Å². The van der Waals surface area contributed by atoms with E-state index < -0.39 is 0 Å². The van der Waals surface area contributed by atoms with Crippen LogP contribution in [0.1, 0.15) is 6.42 Å². The first-order valence-corrected chi connectivity index (χ1v) is 5.62. The molecule has 1 aromatic carbocycles. The predicted octanol–water partition coefficient (Wildman–Crippen LogP) is 2.43. The number of benzene rings is 1. The summed E-state index contributed by atoms with van der Waals surface area (Å²) in [5.74, 6) is 1.28. The van der Waals surface area contributed by atoms with Crippen molar-refractivity contribution in [3.05, 3.63) is 28.7 Å². The normalized spacial score (nSPS) is 29.2. The average Bonchev–Trinajstić information content (AvgIpc) is 2.88. The molecule has 3 rings (SSSR count). The summed E-state index contributed by atoms with van der Waals surface area (Å²) < 4.78 is 1.01. The Morgan fingerprint density at radius 2 is 2.14 bits per heavy atom. The maximum Gasteiger partial charge on any atom is 0.230 e. The van der Waals surface area contributed by atoms with E-state index in [1.807, 2.05) is 29.2 Å². The molecule has 2 aliphatic rings. The molecular weight excluding hydrogens is 242 g/mol. The number of carbonyl (C=O) groups is 1. The lowest BCUT2D eigenvalue weighted by atomic mass is 10.3. The van der Waals surface area contributed by atoms with Crippen LogP contribution in [0, 0.1) is 11.8 Å². The highest BCUT2D eigenvalue weighted by molar-refractivity contribution is 9.10. The first kappa shape index (κ1) is 8.48. The van der Waals surface area contributed by atoms with Crippen molar-refractivity contribution < 1.29 is 4.79 Å². The molecule has 3 heteroatoms. The minimum atomic E-state index is 0.307. The molecule has 2 atom stereocenters. The summed E-state index contributed by atoms with van der Waals surface area (Å²) in [7, 11) is 0. The molecule has 72 valence electrons. The van der Waals surface area contributed by atoms with Crippen LogP contribution in [0.25, 0.3) is 0 Å². The van der Waals surface area contributed by atoms with E-state index in [-0.39, 0.29) is 0 Å². The second kappa shape index (κ2) is 2.83. The molecule has 1 heterocycles. The molecule has 1 aromatic rings. The van der Waals surface area contributed by atoms with Crippen LogP contribution in [-0.4, -0.2) is 12.5 Å². The van der Waals surface area contributed by atoms with Crippen molar-refractivity contribution in [2.24, 2.45) is 11.8 Å². The highest BCUT2D eigenvalue weighted by atomic mass is 79.9. The molecule has 2 nitrogen and oxygen atoms in total. The summed E-state index contributed by atoms with van der Waals surface area (Å²) in [4.78, 5) is 13.7. The lowest BCUT2D eigenvalue weighted by Gasteiger charge is -2.19. The zero-order valence-corrected chi connectivity index (χ0v) is 9.20. The molecular formula is C11H10BrNO. The molecule has 0 radical (unpaired) electrons. The van der Waals surface area contributed by atoms with Gasteiger partial charge in [0.1, 0.15) is 0 Å². The fourth-order valence-electron chi connectivity index (χ4n) is 2.16. The van der Waals surface area contributed by atoms with Gasteiger partial charge in [-0.3, -0.25) is 4.79 Å². The van der Waals surface area contributed by atoms with E-state index in [9.17, 15) is 4.79 Å². The maximum absolute atomic E-state index is 11.8. The first-order chi connectivity index (χ1) is 6.77. The third kappa shape index (κ3) is 1.12. The molecule has 1 aliphatic carbocycles. The summed E-state index contributed by atoms with van der Waals surface area (Å²) in [6.45, 7) is 0.909. The Bertz CT molecular complexity index is 404. The van der Waals surface area contributed by atoms with E-state index in [2.05, 4.69) is 15.9 Å². The second-order valence-electron chi connectivity index (χ2n) is 4.00. The van der Waals surface area contributed by atoms with Crippen LogP contribution in [0.5, 0.6) is 0 Å². The highest BCUT2D eigenvalue weighted by Crippen LogP contribution is 2.48. The highest BCUT2D eigenvalue weighted by Gasteiger charge is 2.52. The summed E-state index contributed by atoms with van der Waals surface area (Å²) in [5, 5.41) is 0. The Hall–Kier alpha value is -0.830. The van der Waals surface area contributed by atoms with E-state index in [1.54, 1.807) is 0 Å². The van der Waals surface area contributed by atoms with Crippen LogP contribution in [0.15, 0.2) is 28.7 Å². The number of nitrogens with zero attached hydrogens (tertiary/aromatic N) is 1. The second-order valence-corrected chi connectivity index (χ2v) is 4.86. The molecule has 0 bridgehead atoms. The first-order valence-electron chi connectivity index (χ1n) is 4.83. The molecule has 1 saturated heterocycles. The Kier molecular flexibility index (Phi) is 1.71. The summed E-state index contributed by atoms with van der Waals surface area (Å²) in [6.07, 6.45) is 1.11. The van der Waals surface area contributed by atoms with E-state index in [1.165, 1.54) is 0 Å². The molecule has 2 unspecified atom stereocenters. The maximum atomic E-state index is 11.8. The summed E-state index contributed by atoms with van der Waals surface area (Å²) in [6, 6.07) is 7.91.